The van der Waals surface area contributed by atoms with Gasteiger partial charge in [0.15, 0.2) is 0 Å². The Morgan fingerprint density at radius 3 is 2.73 bits per heavy atom. The van der Waals surface area contributed by atoms with Crippen LogP contribution in [0.4, 0.5) is 11.4 Å². The Balaban J connectivity index is 1.61. The van der Waals surface area contributed by atoms with E-state index in [0.717, 1.165) is 38.0 Å². The SMILES string of the molecule is CN(C)C(=O)[C@H]1CCCN1CC(=O)Nc1cccc(N2CCCC2=O)c1. The summed E-state index contributed by atoms with van der Waals surface area (Å²) in [6.45, 7) is 1.66. The zero-order valence-electron chi connectivity index (χ0n) is 15.4. The zero-order chi connectivity index (χ0) is 18.7. The molecule has 26 heavy (non-hydrogen) atoms. The van der Waals surface area contributed by atoms with Crippen molar-refractivity contribution in [1.29, 1.82) is 0 Å². The minimum atomic E-state index is -0.218. The number of likely N-dealkylation sites (tertiary alicyclic amines) is 1. The third-order valence-electron chi connectivity index (χ3n) is 4.95. The van der Waals surface area contributed by atoms with Crippen LogP contribution in [0.1, 0.15) is 25.7 Å². The van der Waals surface area contributed by atoms with Crippen molar-refractivity contribution in [1.82, 2.24) is 9.80 Å². The number of rotatable bonds is 5. The quantitative estimate of drug-likeness (QED) is 0.861. The van der Waals surface area contributed by atoms with Crippen LogP contribution in [0.2, 0.25) is 0 Å². The number of anilines is 2. The molecule has 2 aliphatic heterocycles. The largest absolute Gasteiger partial charge is 0.347 e. The topological polar surface area (TPSA) is 73.0 Å². The molecule has 1 atom stereocenters. The van der Waals surface area contributed by atoms with Crippen molar-refractivity contribution in [3.8, 4) is 0 Å². The van der Waals surface area contributed by atoms with E-state index in [0.29, 0.717) is 12.1 Å². The molecule has 0 aliphatic carbocycles. The van der Waals surface area contributed by atoms with Crippen molar-refractivity contribution < 1.29 is 14.4 Å². The van der Waals surface area contributed by atoms with E-state index < -0.39 is 0 Å². The minimum absolute atomic E-state index is 0.0462. The second-order valence-corrected chi connectivity index (χ2v) is 7.11. The molecule has 1 aromatic rings. The monoisotopic (exact) mass is 358 g/mol. The second kappa shape index (κ2) is 7.86. The molecule has 7 heteroatoms. The first-order valence-corrected chi connectivity index (χ1v) is 9.11. The Labute approximate surface area is 153 Å². The summed E-state index contributed by atoms with van der Waals surface area (Å²) in [5, 5.41) is 2.89. The number of carbonyl (C=O) groups is 3. The van der Waals surface area contributed by atoms with Crippen LogP contribution in [0.5, 0.6) is 0 Å². The van der Waals surface area contributed by atoms with Crippen LogP contribution in [-0.4, -0.2) is 67.3 Å². The number of nitrogens with zero attached hydrogens (tertiary/aromatic N) is 3. The maximum Gasteiger partial charge on any atom is 0.239 e. The number of hydrogen-bond donors (Lipinski definition) is 1. The van der Waals surface area contributed by atoms with E-state index in [9.17, 15) is 14.4 Å². The van der Waals surface area contributed by atoms with E-state index in [-0.39, 0.29) is 30.3 Å². The number of carbonyl (C=O) groups excluding carboxylic acids is 3. The molecule has 0 aromatic heterocycles. The van der Waals surface area contributed by atoms with Crippen LogP contribution >= 0.6 is 0 Å². The average molecular weight is 358 g/mol. The van der Waals surface area contributed by atoms with Gasteiger partial charge in [-0.3, -0.25) is 19.3 Å². The summed E-state index contributed by atoms with van der Waals surface area (Å²) >= 11 is 0. The molecule has 2 aliphatic rings. The lowest BCUT2D eigenvalue weighted by Crippen LogP contribution is -2.45. The van der Waals surface area contributed by atoms with Gasteiger partial charge in [0.1, 0.15) is 0 Å². The molecule has 2 saturated heterocycles. The van der Waals surface area contributed by atoms with Crippen LogP contribution in [0.15, 0.2) is 24.3 Å². The van der Waals surface area contributed by atoms with Gasteiger partial charge in [0.25, 0.3) is 0 Å². The summed E-state index contributed by atoms with van der Waals surface area (Å²) in [6, 6.07) is 7.14. The number of likely N-dealkylation sites (N-methyl/N-ethyl adjacent to an activating group) is 1. The fraction of sp³-hybridized carbons (Fsp3) is 0.526. The summed E-state index contributed by atoms with van der Waals surface area (Å²) in [6.07, 6.45) is 3.15. The van der Waals surface area contributed by atoms with Crippen LogP contribution in [0.3, 0.4) is 0 Å². The van der Waals surface area contributed by atoms with E-state index in [4.69, 9.17) is 0 Å². The third-order valence-corrected chi connectivity index (χ3v) is 4.95. The fourth-order valence-electron chi connectivity index (χ4n) is 3.65. The van der Waals surface area contributed by atoms with E-state index in [1.165, 1.54) is 0 Å². The van der Waals surface area contributed by atoms with Gasteiger partial charge in [-0.05, 0) is 44.0 Å². The van der Waals surface area contributed by atoms with E-state index in [1.807, 2.05) is 29.2 Å². The molecule has 0 radical (unpaired) electrons. The Morgan fingerprint density at radius 2 is 2.04 bits per heavy atom. The molecule has 1 aromatic carbocycles. The Bertz CT molecular complexity index is 704. The molecule has 0 spiro atoms. The first kappa shape index (κ1) is 18.4. The third kappa shape index (κ3) is 4.04. The Kier molecular flexibility index (Phi) is 5.56. The van der Waals surface area contributed by atoms with Crippen molar-refractivity contribution >= 4 is 29.1 Å². The lowest BCUT2D eigenvalue weighted by atomic mass is 10.2. The summed E-state index contributed by atoms with van der Waals surface area (Å²) in [7, 11) is 3.48. The highest BCUT2D eigenvalue weighted by molar-refractivity contribution is 5.97. The molecule has 1 N–H and O–H groups in total. The van der Waals surface area contributed by atoms with Crippen LogP contribution in [-0.2, 0) is 14.4 Å². The molecule has 2 heterocycles. The molecule has 3 rings (SSSR count). The number of hydrogen-bond acceptors (Lipinski definition) is 4. The molecule has 7 nitrogen and oxygen atoms in total. The van der Waals surface area contributed by atoms with Crippen molar-refractivity contribution in [3.63, 3.8) is 0 Å². The molecule has 0 saturated carbocycles. The minimum Gasteiger partial charge on any atom is -0.347 e. The van der Waals surface area contributed by atoms with Gasteiger partial charge in [-0.1, -0.05) is 6.07 Å². The molecule has 2 fully saturated rings. The van der Waals surface area contributed by atoms with Crippen LogP contribution < -0.4 is 10.2 Å². The second-order valence-electron chi connectivity index (χ2n) is 7.11. The maximum absolute atomic E-state index is 12.4. The predicted octanol–water partition coefficient (Wildman–Crippen LogP) is 1.30. The van der Waals surface area contributed by atoms with Gasteiger partial charge in [-0.15, -0.1) is 0 Å². The molecule has 0 bridgehead atoms. The van der Waals surface area contributed by atoms with Gasteiger partial charge < -0.3 is 15.1 Å². The van der Waals surface area contributed by atoms with Crippen molar-refractivity contribution in [2.45, 2.75) is 31.7 Å². The van der Waals surface area contributed by atoms with Crippen molar-refractivity contribution in [2.24, 2.45) is 0 Å². The van der Waals surface area contributed by atoms with E-state index >= 15 is 0 Å². The standard InChI is InChI=1S/C19H26N4O3/c1-21(2)19(26)16-8-4-10-22(16)13-17(24)20-14-6-3-7-15(12-14)23-11-5-9-18(23)25/h3,6-7,12,16H,4-5,8-11,13H2,1-2H3,(H,20,24)/t16-/m1/s1. The van der Waals surface area contributed by atoms with Gasteiger partial charge in [0.05, 0.1) is 12.6 Å². The number of benzene rings is 1. The van der Waals surface area contributed by atoms with Gasteiger partial charge in [-0.25, -0.2) is 0 Å². The highest BCUT2D eigenvalue weighted by atomic mass is 16.2. The fourth-order valence-corrected chi connectivity index (χ4v) is 3.65. The summed E-state index contributed by atoms with van der Waals surface area (Å²) in [5.41, 5.74) is 1.48. The molecule has 0 unspecified atom stereocenters. The molecule has 3 amide bonds. The number of amides is 3. The zero-order valence-corrected chi connectivity index (χ0v) is 15.4. The highest BCUT2D eigenvalue weighted by Gasteiger charge is 2.32. The molecular formula is C19H26N4O3. The van der Waals surface area contributed by atoms with Crippen molar-refractivity contribution in [3.05, 3.63) is 24.3 Å². The average Bonchev–Trinajstić information content (AvgIpc) is 3.23. The van der Waals surface area contributed by atoms with Crippen LogP contribution in [0, 0.1) is 0 Å². The number of nitrogens with one attached hydrogen (secondary N) is 1. The lowest BCUT2D eigenvalue weighted by Gasteiger charge is -2.25. The van der Waals surface area contributed by atoms with Crippen molar-refractivity contribution in [2.75, 3.05) is 43.9 Å². The normalized spacial score (nSPS) is 20.5. The predicted molar refractivity (Wildman–Crippen MR) is 99.9 cm³/mol. The first-order chi connectivity index (χ1) is 12.5. The summed E-state index contributed by atoms with van der Waals surface area (Å²) in [5.74, 6) is 0.0220. The first-order valence-electron chi connectivity index (χ1n) is 9.11. The van der Waals surface area contributed by atoms with Gasteiger partial charge in [-0.2, -0.15) is 0 Å². The summed E-state index contributed by atoms with van der Waals surface area (Å²) < 4.78 is 0. The van der Waals surface area contributed by atoms with Gasteiger partial charge in [0.2, 0.25) is 17.7 Å². The Hall–Kier alpha value is -2.41. The summed E-state index contributed by atoms with van der Waals surface area (Å²) in [4.78, 5) is 41.8. The van der Waals surface area contributed by atoms with Gasteiger partial charge in [0, 0.05) is 38.4 Å². The smallest absolute Gasteiger partial charge is 0.239 e. The van der Waals surface area contributed by atoms with Gasteiger partial charge >= 0.3 is 0 Å². The maximum atomic E-state index is 12.4. The molecule has 140 valence electrons. The Morgan fingerprint density at radius 1 is 1.23 bits per heavy atom. The van der Waals surface area contributed by atoms with Crippen LogP contribution in [0.25, 0.3) is 0 Å². The van der Waals surface area contributed by atoms with E-state index in [2.05, 4.69) is 5.32 Å². The lowest BCUT2D eigenvalue weighted by molar-refractivity contribution is -0.134. The van der Waals surface area contributed by atoms with E-state index in [1.54, 1.807) is 23.9 Å². The highest BCUT2D eigenvalue weighted by Crippen LogP contribution is 2.24. The molecular weight excluding hydrogens is 332 g/mol.